The van der Waals surface area contributed by atoms with Gasteiger partial charge in [-0.15, -0.1) is 0 Å². The van der Waals surface area contributed by atoms with Crippen LogP contribution in [-0.2, 0) is 11.8 Å². The highest BCUT2D eigenvalue weighted by atomic mass is 16.5. The Hall–Kier alpha value is -1.56. The summed E-state index contributed by atoms with van der Waals surface area (Å²) in [6.45, 7) is 11.1. The quantitative estimate of drug-likeness (QED) is 0.647. The molecule has 1 aliphatic heterocycles. The highest BCUT2D eigenvalue weighted by Gasteiger charge is 2.32. The SMILES string of the molecule is CCNC(=NCC(C)(C)C1CCCC1)N1CCOC(c2cnn(C)c2)C1. The first kappa shape index (κ1) is 19.2. The standard InChI is InChI=1S/C20H35N5O/c1-5-21-19(22-15-20(2,3)17-8-6-7-9-17)25-10-11-26-18(14-25)16-12-23-24(4)13-16/h12-13,17-18H,5-11,14-15H2,1-4H3,(H,21,22). The maximum Gasteiger partial charge on any atom is 0.194 e. The molecule has 2 heterocycles. The molecule has 2 aliphatic rings. The van der Waals surface area contributed by atoms with Crippen LogP contribution < -0.4 is 5.32 Å². The van der Waals surface area contributed by atoms with Crippen LogP contribution in [0.1, 0.15) is 58.1 Å². The summed E-state index contributed by atoms with van der Waals surface area (Å²) < 4.78 is 7.82. The van der Waals surface area contributed by atoms with E-state index in [1.807, 2.05) is 24.1 Å². The van der Waals surface area contributed by atoms with Gasteiger partial charge in [-0.2, -0.15) is 5.10 Å². The summed E-state index contributed by atoms with van der Waals surface area (Å²) in [5.41, 5.74) is 1.41. The molecule has 0 bridgehead atoms. The van der Waals surface area contributed by atoms with Crippen LogP contribution in [0.2, 0.25) is 0 Å². The van der Waals surface area contributed by atoms with Crippen LogP contribution in [-0.4, -0.2) is 53.4 Å². The molecule has 6 heteroatoms. The van der Waals surface area contributed by atoms with E-state index in [1.165, 1.54) is 25.7 Å². The second kappa shape index (κ2) is 8.42. The Morgan fingerprint density at radius 1 is 1.38 bits per heavy atom. The maximum absolute atomic E-state index is 5.98. The van der Waals surface area contributed by atoms with Gasteiger partial charge in [0.1, 0.15) is 6.10 Å². The first-order valence-corrected chi connectivity index (χ1v) is 10.1. The number of hydrogen-bond acceptors (Lipinski definition) is 3. The van der Waals surface area contributed by atoms with Gasteiger partial charge in [0.05, 0.1) is 19.3 Å². The van der Waals surface area contributed by atoms with E-state index in [-0.39, 0.29) is 11.5 Å². The lowest BCUT2D eigenvalue weighted by atomic mass is 9.78. The Morgan fingerprint density at radius 2 is 2.15 bits per heavy atom. The number of hydrogen-bond donors (Lipinski definition) is 1. The molecule has 0 aromatic carbocycles. The number of nitrogens with zero attached hydrogens (tertiary/aromatic N) is 4. The van der Waals surface area contributed by atoms with Crippen molar-refractivity contribution in [3.8, 4) is 0 Å². The Balaban J connectivity index is 1.67. The van der Waals surface area contributed by atoms with Gasteiger partial charge >= 0.3 is 0 Å². The topological polar surface area (TPSA) is 54.7 Å². The van der Waals surface area contributed by atoms with E-state index in [1.54, 1.807) is 0 Å². The molecular weight excluding hydrogens is 326 g/mol. The Morgan fingerprint density at radius 3 is 2.81 bits per heavy atom. The molecule has 1 unspecified atom stereocenters. The molecule has 0 spiro atoms. The zero-order chi connectivity index (χ0) is 18.6. The molecule has 2 fully saturated rings. The lowest BCUT2D eigenvalue weighted by molar-refractivity contribution is -0.00812. The molecule has 1 saturated heterocycles. The highest BCUT2D eigenvalue weighted by Crippen LogP contribution is 2.39. The fourth-order valence-corrected chi connectivity index (χ4v) is 4.19. The van der Waals surface area contributed by atoms with Crippen molar-refractivity contribution in [3.05, 3.63) is 18.0 Å². The van der Waals surface area contributed by atoms with Crippen LogP contribution in [0.25, 0.3) is 0 Å². The van der Waals surface area contributed by atoms with Crippen molar-refractivity contribution in [2.45, 2.75) is 52.6 Å². The number of rotatable bonds is 5. The molecule has 1 atom stereocenters. The number of nitrogens with one attached hydrogen (secondary N) is 1. The molecule has 1 N–H and O–H groups in total. The van der Waals surface area contributed by atoms with Gasteiger partial charge in [0.25, 0.3) is 0 Å². The summed E-state index contributed by atoms with van der Waals surface area (Å²) in [4.78, 5) is 7.38. The van der Waals surface area contributed by atoms with Gasteiger partial charge in [-0.1, -0.05) is 26.7 Å². The molecule has 6 nitrogen and oxygen atoms in total. The first-order chi connectivity index (χ1) is 12.5. The predicted molar refractivity (Wildman–Crippen MR) is 105 cm³/mol. The van der Waals surface area contributed by atoms with Crippen molar-refractivity contribution < 1.29 is 4.74 Å². The minimum atomic E-state index is 0.0594. The van der Waals surface area contributed by atoms with Gasteiger partial charge in [0, 0.05) is 38.4 Å². The van der Waals surface area contributed by atoms with Gasteiger partial charge in [-0.3, -0.25) is 9.67 Å². The normalized spacial score (nSPS) is 22.8. The monoisotopic (exact) mass is 361 g/mol. The van der Waals surface area contributed by atoms with Crippen LogP contribution in [0.4, 0.5) is 0 Å². The maximum atomic E-state index is 5.98. The number of aromatic nitrogens is 2. The van der Waals surface area contributed by atoms with Crippen molar-refractivity contribution in [3.63, 3.8) is 0 Å². The highest BCUT2D eigenvalue weighted by molar-refractivity contribution is 5.80. The lowest BCUT2D eigenvalue weighted by Crippen LogP contribution is -2.48. The molecule has 3 rings (SSSR count). The van der Waals surface area contributed by atoms with Crippen LogP contribution in [0.15, 0.2) is 17.4 Å². The van der Waals surface area contributed by atoms with E-state index in [2.05, 4.69) is 36.1 Å². The minimum Gasteiger partial charge on any atom is -0.370 e. The average Bonchev–Trinajstić information content (AvgIpc) is 3.31. The van der Waals surface area contributed by atoms with Crippen molar-refractivity contribution in [1.29, 1.82) is 0 Å². The number of ether oxygens (including phenoxy) is 1. The third kappa shape index (κ3) is 4.58. The fourth-order valence-electron chi connectivity index (χ4n) is 4.19. The van der Waals surface area contributed by atoms with Crippen LogP contribution in [0.5, 0.6) is 0 Å². The Labute approximate surface area is 158 Å². The zero-order valence-corrected chi connectivity index (χ0v) is 16.9. The molecule has 0 radical (unpaired) electrons. The predicted octanol–water partition coefficient (Wildman–Crippen LogP) is 2.98. The average molecular weight is 362 g/mol. The van der Waals surface area contributed by atoms with Gasteiger partial charge in [0.2, 0.25) is 0 Å². The summed E-state index contributed by atoms with van der Waals surface area (Å²) in [5.74, 6) is 1.83. The van der Waals surface area contributed by atoms with E-state index < -0.39 is 0 Å². The van der Waals surface area contributed by atoms with Crippen LogP contribution in [0, 0.1) is 11.3 Å². The van der Waals surface area contributed by atoms with E-state index >= 15 is 0 Å². The van der Waals surface area contributed by atoms with E-state index in [0.717, 1.165) is 50.2 Å². The number of aryl methyl sites for hydroxylation is 1. The van der Waals surface area contributed by atoms with Crippen molar-refractivity contribution in [2.75, 3.05) is 32.8 Å². The van der Waals surface area contributed by atoms with Gasteiger partial charge in [-0.05, 0) is 31.1 Å². The molecule has 1 aromatic rings. The van der Waals surface area contributed by atoms with Crippen molar-refractivity contribution in [2.24, 2.45) is 23.4 Å². The largest absolute Gasteiger partial charge is 0.370 e. The Kier molecular flexibility index (Phi) is 6.22. The minimum absolute atomic E-state index is 0.0594. The number of guanidine groups is 1. The van der Waals surface area contributed by atoms with Gasteiger partial charge < -0.3 is 15.0 Å². The molecule has 1 aliphatic carbocycles. The summed E-state index contributed by atoms with van der Waals surface area (Å²) >= 11 is 0. The fraction of sp³-hybridized carbons (Fsp3) is 0.800. The van der Waals surface area contributed by atoms with E-state index in [0.29, 0.717) is 0 Å². The molecule has 1 aromatic heterocycles. The van der Waals surface area contributed by atoms with Crippen LogP contribution >= 0.6 is 0 Å². The van der Waals surface area contributed by atoms with Gasteiger partial charge in [-0.25, -0.2) is 0 Å². The molecule has 146 valence electrons. The molecular formula is C20H35N5O. The first-order valence-electron chi connectivity index (χ1n) is 10.1. The number of aliphatic imine (C=N–C) groups is 1. The second-order valence-corrected chi connectivity index (χ2v) is 8.39. The van der Waals surface area contributed by atoms with Gasteiger partial charge in [0.15, 0.2) is 5.96 Å². The van der Waals surface area contributed by atoms with Crippen molar-refractivity contribution in [1.82, 2.24) is 20.0 Å². The zero-order valence-electron chi connectivity index (χ0n) is 16.9. The summed E-state index contributed by atoms with van der Waals surface area (Å²) in [5, 5.41) is 7.78. The molecule has 0 amide bonds. The lowest BCUT2D eigenvalue weighted by Gasteiger charge is -2.36. The van der Waals surface area contributed by atoms with Crippen LogP contribution in [0.3, 0.4) is 0 Å². The van der Waals surface area contributed by atoms with Crippen molar-refractivity contribution >= 4 is 5.96 Å². The Bertz CT molecular complexity index is 603. The third-order valence-corrected chi connectivity index (χ3v) is 5.89. The number of morpholine rings is 1. The summed E-state index contributed by atoms with van der Waals surface area (Å²) in [7, 11) is 1.95. The third-order valence-electron chi connectivity index (χ3n) is 5.89. The van der Waals surface area contributed by atoms with E-state index in [4.69, 9.17) is 9.73 Å². The second-order valence-electron chi connectivity index (χ2n) is 8.39. The van der Waals surface area contributed by atoms with E-state index in [9.17, 15) is 0 Å². The molecule has 1 saturated carbocycles. The summed E-state index contributed by atoms with van der Waals surface area (Å²) in [6, 6.07) is 0. The smallest absolute Gasteiger partial charge is 0.194 e. The summed E-state index contributed by atoms with van der Waals surface area (Å²) in [6.07, 6.45) is 9.49. The molecule has 26 heavy (non-hydrogen) atoms.